The lowest BCUT2D eigenvalue weighted by Crippen LogP contribution is -2.13. The zero-order valence-electron chi connectivity index (χ0n) is 13.4. The third kappa shape index (κ3) is 5.76. The first kappa shape index (κ1) is 17.5. The molecule has 0 bridgehead atoms. The molecule has 0 saturated heterocycles. The molecule has 0 spiro atoms. The number of unbranched alkanes of at least 4 members (excludes halogenated alkanes) is 1. The smallest absolute Gasteiger partial charge is 0.129 e. The van der Waals surface area contributed by atoms with E-state index in [1.54, 1.807) is 7.11 Å². The SMILES string of the molecule is CCCCC(CC)COCc1ccc(OC)c(C(=N)N)c1. The number of ether oxygens (including phenoxy) is 2. The van der Waals surface area contributed by atoms with E-state index in [2.05, 4.69) is 13.8 Å². The maximum Gasteiger partial charge on any atom is 0.129 e. The van der Waals surface area contributed by atoms with Gasteiger partial charge in [-0.25, -0.2) is 0 Å². The van der Waals surface area contributed by atoms with Crippen molar-refractivity contribution in [1.82, 2.24) is 0 Å². The van der Waals surface area contributed by atoms with Crippen molar-refractivity contribution in [2.24, 2.45) is 11.7 Å². The van der Waals surface area contributed by atoms with Gasteiger partial charge in [0.05, 0.1) is 19.3 Å². The van der Waals surface area contributed by atoms with Gasteiger partial charge in [-0.2, -0.15) is 0 Å². The van der Waals surface area contributed by atoms with E-state index in [1.165, 1.54) is 19.3 Å². The molecule has 0 fully saturated rings. The molecule has 4 nitrogen and oxygen atoms in total. The maximum atomic E-state index is 7.58. The molecular formula is C17H28N2O2. The second-order valence-electron chi connectivity index (χ2n) is 5.38. The molecule has 1 aromatic carbocycles. The summed E-state index contributed by atoms with van der Waals surface area (Å²) in [7, 11) is 1.58. The zero-order valence-corrected chi connectivity index (χ0v) is 13.4. The minimum Gasteiger partial charge on any atom is -0.496 e. The Morgan fingerprint density at radius 3 is 2.67 bits per heavy atom. The molecule has 1 aromatic rings. The van der Waals surface area contributed by atoms with Crippen molar-refractivity contribution in [3.8, 4) is 5.75 Å². The summed E-state index contributed by atoms with van der Waals surface area (Å²) in [6.07, 6.45) is 4.88. The van der Waals surface area contributed by atoms with Crippen LogP contribution in [-0.2, 0) is 11.3 Å². The molecule has 3 N–H and O–H groups in total. The first-order valence-electron chi connectivity index (χ1n) is 7.71. The average Bonchev–Trinajstić information content (AvgIpc) is 2.50. The van der Waals surface area contributed by atoms with Gasteiger partial charge in [-0.3, -0.25) is 5.41 Å². The van der Waals surface area contributed by atoms with Crippen molar-refractivity contribution in [2.45, 2.75) is 46.1 Å². The molecule has 0 aliphatic heterocycles. The fourth-order valence-corrected chi connectivity index (χ4v) is 2.30. The van der Waals surface area contributed by atoms with Gasteiger partial charge in [0.15, 0.2) is 0 Å². The lowest BCUT2D eigenvalue weighted by atomic mass is 10.0. The van der Waals surface area contributed by atoms with Crippen LogP contribution in [0.1, 0.15) is 50.7 Å². The fourth-order valence-electron chi connectivity index (χ4n) is 2.30. The van der Waals surface area contributed by atoms with Crippen molar-refractivity contribution in [1.29, 1.82) is 5.41 Å². The second-order valence-corrected chi connectivity index (χ2v) is 5.38. The first-order valence-corrected chi connectivity index (χ1v) is 7.71. The number of hydrogen-bond acceptors (Lipinski definition) is 3. The van der Waals surface area contributed by atoms with E-state index in [0.29, 0.717) is 23.8 Å². The molecule has 0 amide bonds. The lowest BCUT2D eigenvalue weighted by Gasteiger charge is -2.15. The molecule has 0 radical (unpaired) electrons. The van der Waals surface area contributed by atoms with Crippen molar-refractivity contribution < 1.29 is 9.47 Å². The molecule has 1 atom stereocenters. The monoisotopic (exact) mass is 292 g/mol. The summed E-state index contributed by atoms with van der Waals surface area (Å²) in [6, 6.07) is 5.66. The van der Waals surface area contributed by atoms with Crippen LogP contribution >= 0.6 is 0 Å². The predicted molar refractivity (Wildman–Crippen MR) is 87.0 cm³/mol. The van der Waals surface area contributed by atoms with Crippen molar-refractivity contribution in [2.75, 3.05) is 13.7 Å². The Morgan fingerprint density at radius 2 is 2.10 bits per heavy atom. The number of methoxy groups -OCH3 is 1. The Kier molecular flexibility index (Phi) is 7.83. The number of nitrogen functional groups attached to an aromatic ring is 1. The summed E-state index contributed by atoms with van der Waals surface area (Å²) in [5.74, 6) is 1.28. The number of nitrogens with two attached hydrogens (primary N) is 1. The highest BCUT2D eigenvalue weighted by Crippen LogP contribution is 2.20. The van der Waals surface area contributed by atoms with Crippen LogP contribution in [0.15, 0.2) is 18.2 Å². The summed E-state index contributed by atoms with van der Waals surface area (Å²) >= 11 is 0. The normalized spacial score (nSPS) is 12.1. The first-order chi connectivity index (χ1) is 10.1. The Labute approximate surface area is 128 Å². The fraction of sp³-hybridized carbons (Fsp3) is 0.588. The summed E-state index contributed by atoms with van der Waals surface area (Å²) in [5, 5.41) is 7.58. The Morgan fingerprint density at radius 1 is 1.33 bits per heavy atom. The van der Waals surface area contributed by atoms with Gasteiger partial charge in [0.2, 0.25) is 0 Å². The summed E-state index contributed by atoms with van der Waals surface area (Å²) in [5.41, 5.74) is 7.22. The van der Waals surface area contributed by atoms with Crippen molar-refractivity contribution in [3.05, 3.63) is 29.3 Å². The van der Waals surface area contributed by atoms with E-state index in [1.807, 2.05) is 18.2 Å². The lowest BCUT2D eigenvalue weighted by molar-refractivity contribution is 0.0819. The average molecular weight is 292 g/mol. The van der Waals surface area contributed by atoms with E-state index in [4.69, 9.17) is 20.6 Å². The Bertz CT molecular complexity index is 446. The van der Waals surface area contributed by atoms with E-state index >= 15 is 0 Å². The third-order valence-corrected chi connectivity index (χ3v) is 3.72. The highest BCUT2D eigenvalue weighted by molar-refractivity contribution is 5.97. The summed E-state index contributed by atoms with van der Waals surface area (Å²) < 4.78 is 11.0. The van der Waals surface area contributed by atoms with Crippen LogP contribution in [-0.4, -0.2) is 19.6 Å². The van der Waals surface area contributed by atoms with Crippen LogP contribution in [0.3, 0.4) is 0 Å². The van der Waals surface area contributed by atoms with Crippen LogP contribution in [0.2, 0.25) is 0 Å². The quantitative estimate of drug-likeness (QED) is 0.510. The van der Waals surface area contributed by atoms with Crippen LogP contribution in [0.4, 0.5) is 0 Å². The molecule has 0 aliphatic carbocycles. The Hall–Kier alpha value is -1.55. The van der Waals surface area contributed by atoms with Crippen molar-refractivity contribution in [3.63, 3.8) is 0 Å². The van der Waals surface area contributed by atoms with Crippen LogP contribution < -0.4 is 10.5 Å². The highest BCUT2D eigenvalue weighted by atomic mass is 16.5. The van der Waals surface area contributed by atoms with Gasteiger partial charge >= 0.3 is 0 Å². The van der Waals surface area contributed by atoms with Gasteiger partial charge < -0.3 is 15.2 Å². The number of benzene rings is 1. The highest BCUT2D eigenvalue weighted by Gasteiger charge is 2.09. The molecule has 4 heteroatoms. The van der Waals surface area contributed by atoms with Crippen molar-refractivity contribution >= 4 is 5.84 Å². The van der Waals surface area contributed by atoms with Gasteiger partial charge in [-0.05, 0) is 30.0 Å². The van der Waals surface area contributed by atoms with Crippen LogP contribution in [0.25, 0.3) is 0 Å². The van der Waals surface area contributed by atoms with E-state index < -0.39 is 0 Å². The number of nitrogens with one attached hydrogen (secondary N) is 1. The van der Waals surface area contributed by atoms with Gasteiger partial charge in [0.1, 0.15) is 11.6 Å². The van der Waals surface area contributed by atoms with Gasteiger partial charge in [-0.15, -0.1) is 0 Å². The van der Waals surface area contributed by atoms with E-state index in [-0.39, 0.29) is 5.84 Å². The molecule has 21 heavy (non-hydrogen) atoms. The van der Waals surface area contributed by atoms with E-state index in [0.717, 1.165) is 18.6 Å². The molecule has 1 rings (SSSR count). The summed E-state index contributed by atoms with van der Waals surface area (Å²) in [4.78, 5) is 0. The molecule has 0 aromatic heterocycles. The van der Waals surface area contributed by atoms with Gasteiger partial charge in [0, 0.05) is 6.61 Å². The molecule has 0 heterocycles. The maximum absolute atomic E-state index is 7.58. The minimum atomic E-state index is 0.0167. The van der Waals surface area contributed by atoms with Gasteiger partial charge in [0.25, 0.3) is 0 Å². The van der Waals surface area contributed by atoms with Crippen LogP contribution in [0, 0.1) is 11.3 Å². The Balaban J connectivity index is 2.55. The molecule has 0 saturated carbocycles. The molecular weight excluding hydrogens is 264 g/mol. The zero-order chi connectivity index (χ0) is 15.7. The molecule has 1 unspecified atom stereocenters. The third-order valence-electron chi connectivity index (χ3n) is 3.72. The second kappa shape index (κ2) is 9.40. The topological polar surface area (TPSA) is 68.3 Å². The van der Waals surface area contributed by atoms with Gasteiger partial charge in [-0.1, -0.05) is 39.2 Å². The largest absolute Gasteiger partial charge is 0.496 e. The number of amidine groups is 1. The van der Waals surface area contributed by atoms with E-state index in [9.17, 15) is 0 Å². The number of hydrogen-bond donors (Lipinski definition) is 2. The van der Waals surface area contributed by atoms with Crippen LogP contribution in [0.5, 0.6) is 5.75 Å². The summed E-state index contributed by atoms with van der Waals surface area (Å²) in [6.45, 7) is 5.77. The standard InChI is InChI=1S/C17H28N2O2/c1-4-6-7-13(5-2)11-21-12-14-8-9-16(20-3)15(10-14)17(18)19/h8-10,13H,4-7,11-12H2,1-3H3,(H3,18,19). The molecule has 0 aliphatic rings. The molecule has 118 valence electrons. The predicted octanol–water partition coefficient (Wildman–Crippen LogP) is 3.71. The number of rotatable bonds is 10. The minimum absolute atomic E-state index is 0.0167.